The Bertz CT molecular complexity index is 533. The van der Waals surface area contributed by atoms with Gasteiger partial charge in [0.25, 0.3) is 0 Å². The molecule has 1 atom stereocenters. The van der Waals surface area contributed by atoms with Crippen LogP contribution in [0.5, 0.6) is 11.5 Å². The minimum Gasteiger partial charge on any atom is -0.457 e. The Kier molecular flexibility index (Phi) is 3.63. The predicted molar refractivity (Wildman–Crippen MR) is 68.3 cm³/mol. The highest BCUT2D eigenvalue weighted by molar-refractivity contribution is 5.35. The third-order valence-corrected chi connectivity index (χ3v) is 2.73. The average Bonchev–Trinajstić information content (AvgIpc) is 2.34. The highest BCUT2D eigenvalue weighted by Crippen LogP contribution is 2.24. The molecular formula is C15H15FO2. The molecule has 3 heteroatoms. The van der Waals surface area contributed by atoms with Gasteiger partial charge in [0, 0.05) is 0 Å². The molecule has 0 fully saturated rings. The molecule has 18 heavy (non-hydrogen) atoms. The van der Waals surface area contributed by atoms with Crippen LogP contribution in [0.4, 0.5) is 4.39 Å². The molecule has 0 heterocycles. The van der Waals surface area contributed by atoms with Gasteiger partial charge in [0.05, 0.1) is 6.10 Å². The molecule has 2 rings (SSSR count). The summed E-state index contributed by atoms with van der Waals surface area (Å²) in [6.45, 7) is 3.40. The summed E-state index contributed by atoms with van der Waals surface area (Å²) in [6.07, 6.45) is -0.493. The van der Waals surface area contributed by atoms with E-state index in [1.807, 2.05) is 0 Å². The normalized spacial score (nSPS) is 12.2. The third kappa shape index (κ3) is 2.87. The molecule has 0 aliphatic rings. The van der Waals surface area contributed by atoms with Crippen molar-refractivity contribution in [2.75, 3.05) is 0 Å². The number of aryl methyl sites for hydroxylation is 1. The summed E-state index contributed by atoms with van der Waals surface area (Å²) < 4.78 is 18.7. The van der Waals surface area contributed by atoms with Crippen LogP contribution in [-0.2, 0) is 0 Å². The molecule has 0 amide bonds. The van der Waals surface area contributed by atoms with Crippen LogP contribution in [0.25, 0.3) is 0 Å². The zero-order valence-electron chi connectivity index (χ0n) is 10.4. The van der Waals surface area contributed by atoms with Gasteiger partial charge in [0.15, 0.2) is 0 Å². The summed E-state index contributed by atoms with van der Waals surface area (Å²) in [5, 5.41) is 9.39. The molecule has 0 saturated heterocycles. The van der Waals surface area contributed by atoms with Gasteiger partial charge < -0.3 is 9.84 Å². The molecule has 2 aromatic rings. The molecule has 0 bridgehead atoms. The summed E-state index contributed by atoms with van der Waals surface area (Å²) in [4.78, 5) is 0. The van der Waals surface area contributed by atoms with Gasteiger partial charge in [-0.25, -0.2) is 4.39 Å². The molecule has 2 nitrogen and oxygen atoms in total. The summed E-state index contributed by atoms with van der Waals surface area (Å²) >= 11 is 0. The Balaban J connectivity index is 2.15. The fourth-order valence-electron chi connectivity index (χ4n) is 1.63. The van der Waals surface area contributed by atoms with Crippen molar-refractivity contribution in [2.24, 2.45) is 0 Å². The van der Waals surface area contributed by atoms with Crippen molar-refractivity contribution < 1.29 is 14.2 Å². The van der Waals surface area contributed by atoms with E-state index in [9.17, 15) is 9.50 Å². The molecule has 2 aromatic carbocycles. The summed E-state index contributed by atoms with van der Waals surface area (Å²) in [5.41, 5.74) is 1.38. The van der Waals surface area contributed by atoms with E-state index < -0.39 is 6.10 Å². The monoisotopic (exact) mass is 246 g/mol. The molecule has 94 valence electrons. The lowest BCUT2D eigenvalue weighted by Crippen LogP contribution is -1.91. The summed E-state index contributed by atoms with van der Waals surface area (Å²) in [5.74, 6) is 1.01. The summed E-state index contributed by atoms with van der Waals surface area (Å²) in [6, 6.07) is 11.8. The van der Waals surface area contributed by atoms with Crippen LogP contribution < -0.4 is 4.74 Å². The molecule has 0 radical (unpaired) electrons. The van der Waals surface area contributed by atoms with Crippen LogP contribution in [0.2, 0.25) is 0 Å². The van der Waals surface area contributed by atoms with E-state index in [1.165, 1.54) is 6.07 Å². The highest BCUT2D eigenvalue weighted by atomic mass is 19.1. The number of aliphatic hydroxyl groups is 1. The van der Waals surface area contributed by atoms with E-state index >= 15 is 0 Å². The van der Waals surface area contributed by atoms with Gasteiger partial charge in [-0.1, -0.05) is 12.1 Å². The van der Waals surface area contributed by atoms with Crippen LogP contribution in [0.15, 0.2) is 42.5 Å². The second-order valence-electron chi connectivity index (χ2n) is 4.26. The number of aliphatic hydroxyl groups excluding tert-OH is 1. The Hall–Kier alpha value is -1.87. The van der Waals surface area contributed by atoms with E-state index in [0.29, 0.717) is 17.1 Å². The molecular weight excluding hydrogens is 231 g/mol. The SMILES string of the molecule is Cc1cc(Oc2ccc(C(C)O)cc2)ccc1F. The fraction of sp³-hybridized carbons (Fsp3) is 0.200. The second kappa shape index (κ2) is 5.19. The number of rotatable bonds is 3. The fourth-order valence-corrected chi connectivity index (χ4v) is 1.63. The molecule has 0 aliphatic heterocycles. The molecule has 0 aromatic heterocycles. The van der Waals surface area contributed by atoms with E-state index in [4.69, 9.17) is 4.74 Å². The Morgan fingerprint density at radius 2 is 1.67 bits per heavy atom. The first-order chi connectivity index (χ1) is 8.56. The predicted octanol–water partition coefficient (Wildman–Crippen LogP) is 3.98. The topological polar surface area (TPSA) is 29.5 Å². The van der Waals surface area contributed by atoms with E-state index in [-0.39, 0.29) is 5.82 Å². The first kappa shape index (κ1) is 12.6. The van der Waals surface area contributed by atoms with E-state index in [1.54, 1.807) is 50.2 Å². The van der Waals surface area contributed by atoms with Crippen LogP contribution in [0.1, 0.15) is 24.2 Å². The van der Waals surface area contributed by atoms with E-state index in [2.05, 4.69) is 0 Å². The number of benzene rings is 2. The first-order valence-electron chi connectivity index (χ1n) is 5.78. The van der Waals surface area contributed by atoms with Crippen LogP contribution >= 0.6 is 0 Å². The number of halogens is 1. The zero-order valence-corrected chi connectivity index (χ0v) is 10.4. The van der Waals surface area contributed by atoms with Gasteiger partial charge in [0.2, 0.25) is 0 Å². The van der Waals surface area contributed by atoms with Gasteiger partial charge in [-0.05, 0) is 55.3 Å². The lowest BCUT2D eigenvalue weighted by Gasteiger charge is -2.09. The second-order valence-corrected chi connectivity index (χ2v) is 4.26. The minimum atomic E-state index is -0.493. The number of ether oxygens (including phenoxy) is 1. The van der Waals surface area contributed by atoms with Crippen molar-refractivity contribution >= 4 is 0 Å². The standard InChI is InChI=1S/C15H15FO2/c1-10-9-14(7-8-15(10)16)18-13-5-3-12(4-6-13)11(2)17/h3-9,11,17H,1-2H3. The maximum atomic E-state index is 13.1. The Morgan fingerprint density at radius 1 is 1.06 bits per heavy atom. The van der Waals surface area contributed by atoms with Gasteiger partial charge in [0.1, 0.15) is 17.3 Å². The van der Waals surface area contributed by atoms with Crippen molar-refractivity contribution in [1.29, 1.82) is 0 Å². The average molecular weight is 246 g/mol. The lowest BCUT2D eigenvalue weighted by molar-refractivity contribution is 0.199. The van der Waals surface area contributed by atoms with Crippen molar-refractivity contribution in [3.8, 4) is 11.5 Å². The largest absolute Gasteiger partial charge is 0.457 e. The van der Waals surface area contributed by atoms with Crippen LogP contribution in [-0.4, -0.2) is 5.11 Å². The summed E-state index contributed by atoms with van der Waals surface area (Å²) in [7, 11) is 0. The van der Waals surface area contributed by atoms with Crippen LogP contribution in [0, 0.1) is 12.7 Å². The van der Waals surface area contributed by atoms with Crippen molar-refractivity contribution in [3.05, 3.63) is 59.4 Å². The van der Waals surface area contributed by atoms with Crippen LogP contribution in [0.3, 0.4) is 0 Å². The zero-order chi connectivity index (χ0) is 13.1. The quantitative estimate of drug-likeness (QED) is 0.887. The van der Waals surface area contributed by atoms with Crippen molar-refractivity contribution in [1.82, 2.24) is 0 Å². The van der Waals surface area contributed by atoms with Gasteiger partial charge in [-0.3, -0.25) is 0 Å². The molecule has 0 aliphatic carbocycles. The lowest BCUT2D eigenvalue weighted by atomic mass is 10.1. The van der Waals surface area contributed by atoms with Crippen molar-refractivity contribution in [2.45, 2.75) is 20.0 Å². The molecule has 0 saturated carbocycles. The first-order valence-corrected chi connectivity index (χ1v) is 5.78. The van der Waals surface area contributed by atoms with Gasteiger partial charge in [-0.15, -0.1) is 0 Å². The highest BCUT2D eigenvalue weighted by Gasteiger charge is 2.03. The maximum absolute atomic E-state index is 13.1. The molecule has 1 N–H and O–H groups in total. The third-order valence-electron chi connectivity index (χ3n) is 2.73. The van der Waals surface area contributed by atoms with Gasteiger partial charge >= 0.3 is 0 Å². The smallest absolute Gasteiger partial charge is 0.127 e. The maximum Gasteiger partial charge on any atom is 0.127 e. The van der Waals surface area contributed by atoms with E-state index in [0.717, 1.165) is 5.56 Å². The Morgan fingerprint density at radius 3 is 2.22 bits per heavy atom. The van der Waals surface area contributed by atoms with Gasteiger partial charge in [-0.2, -0.15) is 0 Å². The minimum absolute atomic E-state index is 0.244. The molecule has 1 unspecified atom stereocenters. The van der Waals surface area contributed by atoms with Crippen molar-refractivity contribution in [3.63, 3.8) is 0 Å². The molecule has 0 spiro atoms. The number of hydrogen-bond acceptors (Lipinski definition) is 2. The Labute approximate surface area is 106 Å². The number of hydrogen-bond donors (Lipinski definition) is 1.